The number of benzene rings is 2. The van der Waals surface area contributed by atoms with Gasteiger partial charge in [-0.1, -0.05) is 41.1 Å². The predicted octanol–water partition coefficient (Wildman–Crippen LogP) is 4.22. The Labute approximate surface area is 222 Å². The van der Waals surface area contributed by atoms with Crippen molar-refractivity contribution < 1.29 is 27.2 Å². The van der Waals surface area contributed by atoms with E-state index in [9.17, 15) is 13.2 Å². The van der Waals surface area contributed by atoms with Gasteiger partial charge in [0.2, 0.25) is 22.7 Å². The Hall–Kier alpha value is -3.63. The van der Waals surface area contributed by atoms with Crippen LogP contribution in [0.5, 0.6) is 11.5 Å². The predicted molar refractivity (Wildman–Crippen MR) is 142 cm³/mol. The van der Waals surface area contributed by atoms with Crippen molar-refractivity contribution in [1.82, 2.24) is 14.8 Å². The van der Waals surface area contributed by atoms with Crippen molar-refractivity contribution >= 4 is 28.1 Å². The first kappa shape index (κ1) is 26.0. The molecule has 1 amide bonds. The molecular formula is C28H31N3O6S. The molecule has 5 rings (SSSR count). The third kappa shape index (κ3) is 5.32. The maximum absolute atomic E-state index is 13.7. The van der Waals surface area contributed by atoms with Gasteiger partial charge in [-0.3, -0.25) is 4.79 Å². The molecule has 1 aromatic heterocycles. The SMILES string of the molecule is Cc1ccc(C)c(/C=C/c2onc(C)c2S(=O)(=O)N2CCC[C@H](C(=O)NCc3ccc4c(c3)OCO4)C2)c1. The Morgan fingerprint density at radius 2 is 1.92 bits per heavy atom. The quantitative estimate of drug-likeness (QED) is 0.481. The van der Waals surface area contributed by atoms with Crippen LogP contribution in [-0.2, 0) is 21.4 Å². The van der Waals surface area contributed by atoms with E-state index in [4.69, 9.17) is 14.0 Å². The number of carbonyl (C=O) groups excluding carboxylic acids is 1. The number of amides is 1. The van der Waals surface area contributed by atoms with Gasteiger partial charge < -0.3 is 19.3 Å². The number of aromatic nitrogens is 1. The van der Waals surface area contributed by atoms with E-state index < -0.39 is 15.9 Å². The highest BCUT2D eigenvalue weighted by Gasteiger charge is 2.37. The van der Waals surface area contributed by atoms with Gasteiger partial charge >= 0.3 is 0 Å². The molecule has 1 saturated heterocycles. The maximum Gasteiger partial charge on any atom is 0.248 e. The van der Waals surface area contributed by atoms with Crippen LogP contribution in [0.1, 0.15) is 46.5 Å². The summed E-state index contributed by atoms with van der Waals surface area (Å²) in [7, 11) is -3.93. The second-order valence-electron chi connectivity index (χ2n) is 9.76. The number of nitrogens with zero attached hydrogens (tertiary/aromatic N) is 2. The minimum absolute atomic E-state index is 0.0421. The fraction of sp³-hybridized carbons (Fsp3) is 0.357. The Balaban J connectivity index is 1.29. The number of piperidine rings is 1. The number of fused-ring (bicyclic) bond motifs is 1. The van der Waals surface area contributed by atoms with Crippen molar-refractivity contribution in [3.05, 3.63) is 70.1 Å². The third-order valence-corrected chi connectivity index (χ3v) is 8.96. The van der Waals surface area contributed by atoms with Crippen molar-refractivity contribution in [2.24, 2.45) is 5.92 Å². The number of hydrogen-bond donors (Lipinski definition) is 1. The first-order valence-corrected chi connectivity index (χ1v) is 14.0. The van der Waals surface area contributed by atoms with Crippen molar-refractivity contribution in [1.29, 1.82) is 0 Å². The molecule has 200 valence electrons. The smallest absolute Gasteiger partial charge is 0.248 e. The number of sulfonamides is 1. The number of nitrogens with one attached hydrogen (secondary N) is 1. The summed E-state index contributed by atoms with van der Waals surface area (Å²) >= 11 is 0. The highest BCUT2D eigenvalue weighted by Crippen LogP contribution is 2.33. The first-order valence-electron chi connectivity index (χ1n) is 12.6. The fourth-order valence-electron chi connectivity index (χ4n) is 4.79. The zero-order chi connectivity index (χ0) is 26.9. The Bertz CT molecular complexity index is 1490. The van der Waals surface area contributed by atoms with Crippen molar-refractivity contribution in [3.8, 4) is 11.5 Å². The second kappa shape index (κ2) is 10.6. The van der Waals surface area contributed by atoms with Crippen LogP contribution in [0.2, 0.25) is 0 Å². The number of carbonyl (C=O) groups is 1. The number of ether oxygens (including phenoxy) is 2. The van der Waals surface area contributed by atoms with E-state index in [1.165, 1.54) is 4.31 Å². The van der Waals surface area contributed by atoms with E-state index in [1.54, 1.807) is 13.0 Å². The van der Waals surface area contributed by atoms with Crippen molar-refractivity contribution in [3.63, 3.8) is 0 Å². The van der Waals surface area contributed by atoms with E-state index in [-0.39, 0.29) is 29.9 Å². The second-order valence-corrected chi connectivity index (χ2v) is 11.6. The summed E-state index contributed by atoms with van der Waals surface area (Å²) in [5.41, 5.74) is 4.31. The molecule has 0 bridgehead atoms. The molecule has 0 unspecified atom stereocenters. The summed E-state index contributed by atoms with van der Waals surface area (Å²) in [6.07, 6.45) is 4.68. The molecule has 3 aromatic rings. The van der Waals surface area contributed by atoms with Crippen LogP contribution in [0.25, 0.3) is 12.2 Å². The van der Waals surface area contributed by atoms with Crippen molar-refractivity contribution in [2.45, 2.75) is 45.1 Å². The topological polar surface area (TPSA) is 111 Å². The van der Waals surface area contributed by atoms with Gasteiger partial charge in [-0.25, -0.2) is 8.42 Å². The minimum Gasteiger partial charge on any atom is -0.454 e. The molecule has 0 spiro atoms. The molecule has 1 atom stereocenters. The highest BCUT2D eigenvalue weighted by atomic mass is 32.2. The van der Waals surface area contributed by atoms with Gasteiger partial charge in [0.05, 0.1) is 5.92 Å². The average Bonchev–Trinajstić information content (AvgIpc) is 3.54. The molecule has 0 saturated carbocycles. The zero-order valence-corrected chi connectivity index (χ0v) is 22.5. The number of hydrogen-bond acceptors (Lipinski definition) is 7. The van der Waals surface area contributed by atoms with E-state index in [0.29, 0.717) is 43.1 Å². The Morgan fingerprint density at radius 1 is 1.11 bits per heavy atom. The lowest BCUT2D eigenvalue weighted by molar-refractivity contribution is -0.126. The molecule has 1 fully saturated rings. The van der Waals surface area contributed by atoms with Gasteiger partial charge in [0.1, 0.15) is 5.69 Å². The Kier molecular flexibility index (Phi) is 7.27. The van der Waals surface area contributed by atoms with E-state index >= 15 is 0 Å². The monoisotopic (exact) mass is 537 g/mol. The average molecular weight is 538 g/mol. The number of aryl methyl sites for hydroxylation is 3. The molecule has 0 radical (unpaired) electrons. The van der Waals surface area contributed by atoms with Gasteiger partial charge in [-0.15, -0.1) is 0 Å². The van der Waals surface area contributed by atoms with E-state index in [1.807, 2.05) is 56.3 Å². The van der Waals surface area contributed by atoms with Gasteiger partial charge in [-0.2, -0.15) is 4.31 Å². The largest absolute Gasteiger partial charge is 0.454 e. The van der Waals surface area contributed by atoms with Crippen LogP contribution in [-0.4, -0.2) is 43.7 Å². The fourth-order valence-corrected chi connectivity index (χ4v) is 6.57. The lowest BCUT2D eigenvalue weighted by Gasteiger charge is -2.31. The molecule has 2 aliphatic heterocycles. The maximum atomic E-state index is 13.7. The van der Waals surface area contributed by atoms with Crippen LogP contribution >= 0.6 is 0 Å². The van der Waals surface area contributed by atoms with Crippen LogP contribution < -0.4 is 14.8 Å². The molecular weight excluding hydrogens is 506 g/mol. The molecule has 1 N–H and O–H groups in total. The van der Waals surface area contributed by atoms with Crippen molar-refractivity contribution in [2.75, 3.05) is 19.9 Å². The summed E-state index contributed by atoms with van der Waals surface area (Å²) in [6, 6.07) is 11.6. The van der Waals surface area contributed by atoms with Gasteiger partial charge in [-0.05, 0) is 68.5 Å². The summed E-state index contributed by atoms with van der Waals surface area (Å²) in [5, 5.41) is 6.88. The third-order valence-electron chi connectivity index (χ3n) is 6.94. The summed E-state index contributed by atoms with van der Waals surface area (Å²) in [4.78, 5) is 13.0. The van der Waals surface area contributed by atoms with Crippen LogP contribution in [0, 0.1) is 26.7 Å². The summed E-state index contributed by atoms with van der Waals surface area (Å²) in [5.74, 6) is 0.873. The number of rotatable bonds is 7. The summed E-state index contributed by atoms with van der Waals surface area (Å²) < 4.78 is 44.9. The molecule has 2 aromatic carbocycles. The molecule has 0 aliphatic carbocycles. The molecule has 38 heavy (non-hydrogen) atoms. The van der Waals surface area contributed by atoms with Crippen LogP contribution in [0.15, 0.2) is 45.8 Å². The lowest BCUT2D eigenvalue weighted by atomic mass is 9.98. The zero-order valence-electron chi connectivity index (χ0n) is 21.7. The standard InChI is InChI=1S/C28H31N3O6S/c1-18-6-7-19(2)22(13-18)9-11-25-27(20(3)30-37-25)38(33,34)31-12-4-5-23(16-31)28(32)29-15-21-8-10-24-26(14-21)36-17-35-24/h6-11,13-14,23H,4-5,12,15-17H2,1-3H3,(H,29,32)/b11-9+/t23-/m0/s1. The minimum atomic E-state index is -3.93. The van der Waals surface area contributed by atoms with Crippen LogP contribution in [0.4, 0.5) is 0 Å². The summed E-state index contributed by atoms with van der Waals surface area (Å²) in [6.45, 7) is 6.55. The van der Waals surface area contributed by atoms with Gasteiger partial charge in [0.25, 0.3) is 0 Å². The Morgan fingerprint density at radius 3 is 2.76 bits per heavy atom. The first-order chi connectivity index (χ1) is 18.2. The lowest BCUT2D eigenvalue weighted by Crippen LogP contribution is -2.45. The van der Waals surface area contributed by atoms with Gasteiger partial charge in [0, 0.05) is 19.6 Å². The normalized spacial score (nSPS) is 17.7. The van der Waals surface area contributed by atoms with E-state index in [0.717, 1.165) is 22.3 Å². The highest BCUT2D eigenvalue weighted by molar-refractivity contribution is 7.89. The van der Waals surface area contributed by atoms with Gasteiger partial charge in [0.15, 0.2) is 22.2 Å². The molecule has 3 heterocycles. The van der Waals surface area contributed by atoms with E-state index in [2.05, 4.69) is 10.5 Å². The van der Waals surface area contributed by atoms with Crippen LogP contribution in [0.3, 0.4) is 0 Å². The molecule has 9 nitrogen and oxygen atoms in total. The molecule has 2 aliphatic rings. The molecule has 10 heteroatoms.